The van der Waals surface area contributed by atoms with Gasteiger partial charge in [-0.15, -0.1) is 0 Å². The molecule has 0 unspecified atom stereocenters. The molecule has 19 heavy (non-hydrogen) atoms. The van der Waals surface area contributed by atoms with E-state index in [0.717, 1.165) is 11.1 Å². The van der Waals surface area contributed by atoms with E-state index in [0.29, 0.717) is 30.3 Å². The molecule has 0 heterocycles. The molecule has 1 aromatic rings. The van der Waals surface area contributed by atoms with Gasteiger partial charge in [0.05, 0.1) is 11.5 Å². The molecule has 4 nitrogen and oxygen atoms in total. The Morgan fingerprint density at radius 1 is 1.05 bits per heavy atom. The van der Waals surface area contributed by atoms with Crippen molar-refractivity contribution < 1.29 is 13.2 Å². The fourth-order valence-corrected chi connectivity index (χ4v) is 3.79. The van der Waals surface area contributed by atoms with Crippen LogP contribution in [0.15, 0.2) is 17.0 Å². The topological polar surface area (TPSA) is 46.6 Å². The normalized spacial score (nSPS) is 11.9. The van der Waals surface area contributed by atoms with Crippen LogP contribution in [0.25, 0.3) is 0 Å². The third-order valence-corrected chi connectivity index (χ3v) is 5.29. The Balaban J connectivity index is 3.37. The van der Waals surface area contributed by atoms with Crippen LogP contribution in [0.5, 0.6) is 5.75 Å². The first-order valence-electron chi connectivity index (χ1n) is 6.62. The van der Waals surface area contributed by atoms with Crippen molar-refractivity contribution in [3.05, 3.63) is 23.3 Å². The molecule has 1 rings (SSSR count). The van der Waals surface area contributed by atoms with E-state index in [1.54, 1.807) is 6.07 Å². The first-order valence-corrected chi connectivity index (χ1v) is 8.06. The van der Waals surface area contributed by atoms with Gasteiger partial charge in [0.25, 0.3) is 0 Å². The van der Waals surface area contributed by atoms with Crippen LogP contribution in [0, 0.1) is 13.8 Å². The zero-order valence-corrected chi connectivity index (χ0v) is 13.2. The molecule has 0 spiro atoms. The predicted octanol–water partition coefficient (Wildman–Crippen LogP) is 2.73. The lowest BCUT2D eigenvalue weighted by Gasteiger charge is -2.21. The first-order chi connectivity index (χ1) is 8.88. The van der Waals surface area contributed by atoms with Gasteiger partial charge in [-0.2, -0.15) is 4.31 Å². The molecule has 0 aliphatic heterocycles. The van der Waals surface area contributed by atoms with Gasteiger partial charge in [0.2, 0.25) is 10.0 Å². The molecule has 1 aromatic carbocycles. The Labute approximate surface area is 116 Å². The van der Waals surface area contributed by atoms with E-state index < -0.39 is 10.0 Å². The van der Waals surface area contributed by atoms with Crippen LogP contribution in [0.3, 0.4) is 0 Å². The molecule has 0 saturated heterocycles. The summed E-state index contributed by atoms with van der Waals surface area (Å²) >= 11 is 0. The maximum atomic E-state index is 12.6. The summed E-state index contributed by atoms with van der Waals surface area (Å²) in [5.41, 5.74) is 1.71. The summed E-state index contributed by atoms with van der Waals surface area (Å²) in [5, 5.41) is 0. The third kappa shape index (κ3) is 3.28. The quantitative estimate of drug-likeness (QED) is 0.807. The first kappa shape index (κ1) is 16.0. The highest BCUT2D eigenvalue weighted by molar-refractivity contribution is 7.89. The second-order valence-corrected chi connectivity index (χ2v) is 6.31. The molecule has 0 amide bonds. The summed E-state index contributed by atoms with van der Waals surface area (Å²) < 4.78 is 32.1. The van der Waals surface area contributed by atoms with Crippen LogP contribution in [0.2, 0.25) is 0 Å². The molecule has 0 atom stereocenters. The lowest BCUT2D eigenvalue weighted by Crippen LogP contribution is -2.31. The Morgan fingerprint density at radius 2 is 1.63 bits per heavy atom. The number of aryl methyl sites for hydroxylation is 2. The lowest BCUT2D eigenvalue weighted by atomic mass is 10.1. The van der Waals surface area contributed by atoms with E-state index in [2.05, 4.69) is 0 Å². The van der Waals surface area contributed by atoms with Crippen molar-refractivity contribution in [3.8, 4) is 5.75 Å². The molecule has 5 heteroatoms. The highest BCUT2D eigenvalue weighted by atomic mass is 32.2. The number of benzene rings is 1. The predicted molar refractivity (Wildman–Crippen MR) is 77.2 cm³/mol. The minimum Gasteiger partial charge on any atom is -0.494 e. The van der Waals surface area contributed by atoms with Crippen LogP contribution in [-0.4, -0.2) is 32.4 Å². The summed E-state index contributed by atoms with van der Waals surface area (Å²) in [6, 6.07) is 3.50. The molecule has 0 aromatic heterocycles. The van der Waals surface area contributed by atoms with Gasteiger partial charge in [-0.1, -0.05) is 19.9 Å². The second-order valence-electron chi connectivity index (χ2n) is 4.41. The van der Waals surface area contributed by atoms with Crippen LogP contribution < -0.4 is 4.74 Å². The van der Waals surface area contributed by atoms with E-state index in [1.165, 1.54) is 4.31 Å². The molecule has 0 aliphatic carbocycles. The van der Waals surface area contributed by atoms with E-state index >= 15 is 0 Å². The average Bonchev–Trinajstić information content (AvgIpc) is 2.33. The summed E-state index contributed by atoms with van der Waals surface area (Å²) in [4.78, 5) is 0.338. The number of ether oxygens (including phenoxy) is 1. The van der Waals surface area contributed by atoms with Crippen molar-refractivity contribution >= 4 is 10.0 Å². The molecule has 0 saturated carbocycles. The van der Waals surface area contributed by atoms with Gasteiger partial charge in [-0.05, 0) is 31.9 Å². The van der Waals surface area contributed by atoms with Crippen LogP contribution in [0.1, 0.15) is 31.9 Å². The Morgan fingerprint density at radius 3 is 2.11 bits per heavy atom. The fourth-order valence-electron chi connectivity index (χ4n) is 2.11. The molecular formula is C14H23NO3S. The highest BCUT2D eigenvalue weighted by Gasteiger charge is 2.24. The number of sulfonamides is 1. The maximum absolute atomic E-state index is 12.6. The molecule has 0 fully saturated rings. The van der Waals surface area contributed by atoms with Gasteiger partial charge in [-0.3, -0.25) is 0 Å². The smallest absolute Gasteiger partial charge is 0.243 e. The second kappa shape index (κ2) is 6.39. The van der Waals surface area contributed by atoms with Crippen LogP contribution in [0.4, 0.5) is 0 Å². The summed E-state index contributed by atoms with van der Waals surface area (Å²) in [7, 11) is -3.44. The summed E-state index contributed by atoms with van der Waals surface area (Å²) in [5.74, 6) is 0.638. The van der Waals surface area contributed by atoms with Crippen molar-refractivity contribution in [1.82, 2.24) is 4.31 Å². The van der Waals surface area contributed by atoms with E-state index in [4.69, 9.17) is 4.74 Å². The number of hydrogen-bond acceptors (Lipinski definition) is 3. The fraction of sp³-hybridized carbons (Fsp3) is 0.571. The molecule has 0 aliphatic rings. The Kier molecular flexibility index (Phi) is 5.38. The standard InChI is InChI=1S/C14H23NO3S/c1-6-15(7-2)19(16,17)14-10-13(18-8-3)11(4)9-12(14)5/h9-10H,6-8H2,1-5H3. The third-order valence-electron chi connectivity index (χ3n) is 3.10. The SMILES string of the molecule is CCOc1cc(S(=O)(=O)N(CC)CC)c(C)cc1C. The van der Waals surface area contributed by atoms with Gasteiger partial charge in [0, 0.05) is 19.2 Å². The van der Waals surface area contributed by atoms with Crippen molar-refractivity contribution in [1.29, 1.82) is 0 Å². The van der Waals surface area contributed by atoms with Crippen LogP contribution in [-0.2, 0) is 10.0 Å². The molecule has 0 radical (unpaired) electrons. The molecule has 0 bridgehead atoms. The van der Waals surface area contributed by atoms with Crippen LogP contribution >= 0.6 is 0 Å². The van der Waals surface area contributed by atoms with Gasteiger partial charge >= 0.3 is 0 Å². The Bertz CT molecular complexity index is 534. The molecule has 108 valence electrons. The average molecular weight is 285 g/mol. The van der Waals surface area contributed by atoms with Gasteiger partial charge in [-0.25, -0.2) is 8.42 Å². The van der Waals surface area contributed by atoms with Gasteiger partial charge < -0.3 is 4.74 Å². The summed E-state index contributed by atoms with van der Waals surface area (Å²) in [6.45, 7) is 10.8. The van der Waals surface area contributed by atoms with E-state index in [9.17, 15) is 8.42 Å². The van der Waals surface area contributed by atoms with Crippen molar-refractivity contribution in [2.75, 3.05) is 19.7 Å². The molecular weight excluding hydrogens is 262 g/mol. The van der Waals surface area contributed by atoms with Crippen molar-refractivity contribution in [2.45, 2.75) is 39.5 Å². The number of hydrogen-bond donors (Lipinski definition) is 0. The largest absolute Gasteiger partial charge is 0.494 e. The maximum Gasteiger partial charge on any atom is 0.243 e. The van der Waals surface area contributed by atoms with Gasteiger partial charge in [0.15, 0.2) is 0 Å². The highest BCUT2D eigenvalue weighted by Crippen LogP contribution is 2.28. The lowest BCUT2D eigenvalue weighted by molar-refractivity contribution is 0.336. The van der Waals surface area contributed by atoms with E-state index in [-0.39, 0.29) is 0 Å². The summed E-state index contributed by atoms with van der Waals surface area (Å²) in [6.07, 6.45) is 0. The number of rotatable bonds is 6. The minimum absolute atomic E-state index is 0.338. The molecule has 0 N–H and O–H groups in total. The van der Waals surface area contributed by atoms with Gasteiger partial charge in [0.1, 0.15) is 5.75 Å². The monoisotopic (exact) mass is 285 g/mol. The Hall–Kier alpha value is -1.07. The number of nitrogens with zero attached hydrogens (tertiary/aromatic N) is 1. The van der Waals surface area contributed by atoms with E-state index in [1.807, 2.05) is 40.7 Å². The van der Waals surface area contributed by atoms with Crippen molar-refractivity contribution in [2.24, 2.45) is 0 Å². The minimum atomic E-state index is -3.44. The zero-order valence-electron chi connectivity index (χ0n) is 12.4. The zero-order chi connectivity index (χ0) is 14.6. The van der Waals surface area contributed by atoms with Crippen molar-refractivity contribution in [3.63, 3.8) is 0 Å².